The highest BCUT2D eigenvalue weighted by Crippen LogP contribution is 2.34. The minimum Gasteiger partial charge on any atom is -0.483 e. The number of carbonyl (C=O) groups excluding carboxylic acids is 2. The van der Waals surface area contributed by atoms with Crippen LogP contribution in [-0.4, -0.2) is 41.0 Å². The molecule has 0 radical (unpaired) electrons. The van der Waals surface area contributed by atoms with Crippen LogP contribution in [0.15, 0.2) is 83.1 Å². The summed E-state index contributed by atoms with van der Waals surface area (Å²) in [6, 6.07) is 20.1. The summed E-state index contributed by atoms with van der Waals surface area (Å²) >= 11 is 17.7. The Balaban J connectivity index is 1.30. The van der Waals surface area contributed by atoms with Gasteiger partial charge in [0, 0.05) is 40.0 Å². The third-order valence-corrected chi connectivity index (χ3v) is 8.30. The predicted molar refractivity (Wildman–Crippen MR) is 181 cm³/mol. The number of hydrazone groups is 1. The number of nitrogens with one attached hydrogen (secondary N) is 3. The molecule has 3 aromatic carbocycles. The molecule has 0 unspecified atom stereocenters. The topological polar surface area (TPSA) is 106 Å². The van der Waals surface area contributed by atoms with Crippen LogP contribution in [0.2, 0.25) is 10.0 Å². The number of allylic oxidation sites excluding steroid dienone is 1. The molecule has 9 nitrogen and oxygen atoms in total. The Bertz CT molecular complexity index is 1850. The summed E-state index contributed by atoms with van der Waals surface area (Å²) in [4.78, 5) is 25.6. The number of para-hydroxylation sites is 2. The number of esters is 1. The molecule has 3 N–H and O–H groups in total. The number of aromatic nitrogens is 1. The van der Waals surface area contributed by atoms with Crippen molar-refractivity contribution in [2.24, 2.45) is 5.10 Å². The lowest BCUT2D eigenvalue weighted by Crippen LogP contribution is -2.45. The number of thiocarbonyl (C=S) groups is 1. The fraction of sp³-hybridized carbons (Fsp3) is 0.212. The van der Waals surface area contributed by atoms with Gasteiger partial charge in [-0.3, -0.25) is 4.79 Å². The van der Waals surface area contributed by atoms with E-state index in [0.29, 0.717) is 44.3 Å². The first kappa shape index (κ1) is 32.0. The SMILES string of the molecule is CCOC(=O)C1=C(C)NC(=S)N[C@@H]1c1ccccc1OCC(=O)NN=Cc1c(C)n(Cc2ccc(Cl)c(Cl)c2)c2ccccc12. The molecule has 1 aromatic heterocycles. The number of hydrogen-bond donors (Lipinski definition) is 3. The zero-order valence-corrected chi connectivity index (χ0v) is 27.1. The van der Waals surface area contributed by atoms with Crippen molar-refractivity contribution in [1.82, 2.24) is 20.6 Å². The van der Waals surface area contributed by atoms with Crippen molar-refractivity contribution >= 4 is 69.5 Å². The fourth-order valence-corrected chi connectivity index (χ4v) is 5.84. The monoisotopic (exact) mass is 663 g/mol. The zero-order chi connectivity index (χ0) is 32.1. The van der Waals surface area contributed by atoms with Crippen LogP contribution < -0.4 is 20.8 Å². The molecule has 45 heavy (non-hydrogen) atoms. The second-order valence-electron chi connectivity index (χ2n) is 10.3. The van der Waals surface area contributed by atoms with Crippen molar-refractivity contribution in [3.8, 4) is 5.75 Å². The molecule has 0 aliphatic carbocycles. The second-order valence-corrected chi connectivity index (χ2v) is 11.5. The molecule has 232 valence electrons. The lowest BCUT2D eigenvalue weighted by atomic mass is 9.95. The molecule has 1 aliphatic rings. The maximum Gasteiger partial charge on any atom is 0.338 e. The minimum absolute atomic E-state index is 0.225. The van der Waals surface area contributed by atoms with Gasteiger partial charge >= 0.3 is 5.97 Å². The molecular weight excluding hydrogens is 633 g/mol. The lowest BCUT2D eigenvalue weighted by molar-refractivity contribution is -0.139. The first-order valence-corrected chi connectivity index (χ1v) is 15.3. The summed E-state index contributed by atoms with van der Waals surface area (Å²) in [6.07, 6.45) is 1.63. The van der Waals surface area contributed by atoms with Gasteiger partial charge in [-0.1, -0.05) is 65.7 Å². The largest absolute Gasteiger partial charge is 0.483 e. The molecule has 1 amide bonds. The number of halogens is 2. The standard InChI is InChI=1S/C33H31Cl2N5O4S/c1-4-43-32(42)30-19(2)37-33(45)38-31(30)23-10-6-8-12-28(23)44-18-29(41)39-36-16-24-20(3)40(27-11-7-5-9-22(24)27)17-21-13-14-25(34)26(35)15-21/h5-16,31H,4,17-18H2,1-3H3,(H,39,41)(H2,37,38,45)/t31-/m1/s1. The van der Waals surface area contributed by atoms with Gasteiger partial charge < -0.3 is 24.7 Å². The Labute approximate surface area is 276 Å². The first-order valence-electron chi connectivity index (χ1n) is 14.2. The molecule has 0 saturated heterocycles. The van der Waals surface area contributed by atoms with Gasteiger partial charge in [0.25, 0.3) is 5.91 Å². The number of hydrogen-bond acceptors (Lipinski definition) is 6. The van der Waals surface area contributed by atoms with Gasteiger partial charge in [-0.15, -0.1) is 0 Å². The number of rotatable bonds is 10. The van der Waals surface area contributed by atoms with Gasteiger partial charge in [0.2, 0.25) is 0 Å². The highest BCUT2D eigenvalue weighted by Gasteiger charge is 2.32. The molecule has 0 fully saturated rings. The fourth-order valence-electron chi connectivity index (χ4n) is 5.25. The van der Waals surface area contributed by atoms with E-state index in [1.165, 1.54) is 0 Å². The highest BCUT2D eigenvalue weighted by atomic mass is 35.5. The van der Waals surface area contributed by atoms with E-state index in [1.807, 2.05) is 49.4 Å². The second kappa shape index (κ2) is 14.2. The smallest absolute Gasteiger partial charge is 0.338 e. The summed E-state index contributed by atoms with van der Waals surface area (Å²) in [5.41, 5.74) is 8.02. The first-order chi connectivity index (χ1) is 21.7. The number of carbonyl (C=O) groups is 2. The Morgan fingerprint density at radius 1 is 1.07 bits per heavy atom. The molecule has 1 atom stereocenters. The molecule has 0 spiro atoms. The van der Waals surface area contributed by atoms with Gasteiger partial charge in [-0.05, 0) is 62.8 Å². The van der Waals surface area contributed by atoms with Crippen molar-refractivity contribution in [3.63, 3.8) is 0 Å². The molecule has 1 aliphatic heterocycles. The number of benzene rings is 3. The molecule has 0 saturated carbocycles. The van der Waals surface area contributed by atoms with Crippen molar-refractivity contribution in [1.29, 1.82) is 0 Å². The van der Waals surface area contributed by atoms with E-state index in [9.17, 15) is 9.59 Å². The van der Waals surface area contributed by atoms with Crippen LogP contribution in [0.4, 0.5) is 0 Å². The average Bonchev–Trinajstić information content (AvgIpc) is 3.27. The Hall–Kier alpha value is -4.38. The summed E-state index contributed by atoms with van der Waals surface area (Å²) in [6.45, 7) is 6.00. The average molecular weight is 665 g/mol. The third-order valence-electron chi connectivity index (χ3n) is 7.34. The van der Waals surface area contributed by atoms with Gasteiger partial charge in [0.1, 0.15) is 5.75 Å². The van der Waals surface area contributed by atoms with Crippen molar-refractivity contribution in [2.75, 3.05) is 13.2 Å². The van der Waals surface area contributed by atoms with E-state index < -0.39 is 17.9 Å². The van der Waals surface area contributed by atoms with Gasteiger partial charge in [0.15, 0.2) is 11.7 Å². The summed E-state index contributed by atoms with van der Waals surface area (Å²) in [5, 5.41) is 12.7. The van der Waals surface area contributed by atoms with Crippen LogP contribution in [0.3, 0.4) is 0 Å². The number of fused-ring (bicyclic) bond motifs is 1. The molecule has 5 rings (SSSR count). The maximum atomic E-state index is 12.8. The Kier molecular flexibility index (Phi) is 10.1. The number of amides is 1. The molecule has 0 bridgehead atoms. The van der Waals surface area contributed by atoms with Crippen LogP contribution in [0.25, 0.3) is 10.9 Å². The minimum atomic E-state index is -0.626. The normalized spacial score (nSPS) is 14.8. The van der Waals surface area contributed by atoms with Crippen LogP contribution in [0.5, 0.6) is 5.75 Å². The van der Waals surface area contributed by atoms with E-state index >= 15 is 0 Å². The maximum absolute atomic E-state index is 12.8. The van der Waals surface area contributed by atoms with Crippen molar-refractivity contribution < 1.29 is 19.1 Å². The Morgan fingerprint density at radius 3 is 2.60 bits per heavy atom. The number of nitrogens with zero attached hydrogens (tertiary/aromatic N) is 2. The summed E-state index contributed by atoms with van der Waals surface area (Å²) in [5.74, 6) is -0.517. The van der Waals surface area contributed by atoms with E-state index in [0.717, 1.165) is 27.7 Å². The van der Waals surface area contributed by atoms with Gasteiger partial charge in [-0.25, -0.2) is 10.2 Å². The lowest BCUT2D eigenvalue weighted by Gasteiger charge is -2.30. The van der Waals surface area contributed by atoms with Gasteiger partial charge in [-0.2, -0.15) is 5.10 Å². The predicted octanol–water partition coefficient (Wildman–Crippen LogP) is 6.19. The van der Waals surface area contributed by atoms with E-state index in [2.05, 4.69) is 25.7 Å². The third kappa shape index (κ3) is 7.14. The molecular formula is C33H31Cl2N5O4S. The summed E-state index contributed by atoms with van der Waals surface area (Å²) < 4.78 is 13.4. The van der Waals surface area contributed by atoms with Crippen LogP contribution in [0.1, 0.15) is 42.3 Å². The van der Waals surface area contributed by atoms with E-state index in [-0.39, 0.29) is 13.2 Å². The molecule has 12 heteroatoms. The van der Waals surface area contributed by atoms with Crippen molar-refractivity contribution in [3.05, 3.63) is 110 Å². The molecule has 4 aromatic rings. The van der Waals surface area contributed by atoms with Gasteiger partial charge in [0.05, 0.1) is 34.5 Å². The number of ether oxygens (including phenoxy) is 2. The summed E-state index contributed by atoms with van der Waals surface area (Å²) in [7, 11) is 0. The van der Waals surface area contributed by atoms with Crippen molar-refractivity contribution in [2.45, 2.75) is 33.4 Å². The Morgan fingerprint density at radius 2 is 1.82 bits per heavy atom. The quantitative estimate of drug-likeness (QED) is 0.0804. The highest BCUT2D eigenvalue weighted by molar-refractivity contribution is 7.80. The molecule has 2 heterocycles. The van der Waals surface area contributed by atoms with E-state index in [1.54, 1.807) is 44.3 Å². The van der Waals surface area contributed by atoms with Crippen LogP contribution >= 0.6 is 35.4 Å². The van der Waals surface area contributed by atoms with Crippen LogP contribution in [-0.2, 0) is 20.9 Å². The van der Waals surface area contributed by atoms with E-state index in [4.69, 9.17) is 44.9 Å². The zero-order valence-electron chi connectivity index (χ0n) is 24.8. The van der Waals surface area contributed by atoms with Crippen LogP contribution in [0, 0.1) is 6.92 Å².